The molecule has 0 radical (unpaired) electrons. The van der Waals surface area contributed by atoms with E-state index in [1.807, 2.05) is 36.3 Å². The molecular weight excluding hydrogens is 391 g/mol. The highest BCUT2D eigenvalue weighted by atomic mass is 31.2. The predicted molar refractivity (Wildman–Crippen MR) is 111 cm³/mol. The first-order valence-corrected chi connectivity index (χ1v) is 11.5. The molecule has 2 heterocycles. The third-order valence-corrected chi connectivity index (χ3v) is 6.57. The zero-order chi connectivity index (χ0) is 20.9. The van der Waals surface area contributed by atoms with Crippen molar-refractivity contribution in [3.63, 3.8) is 0 Å². The highest BCUT2D eigenvalue weighted by molar-refractivity contribution is 7.46. The first kappa shape index (κ1) is 22.3. The number of amides is 1. The zero-order valence-electron chi connectivity index (χ0n) is 17.1. The minimum atomic E-state index is -1.08. The van der Waals surface area contributed by atoms with Gasteiger partial charge in [0.15, 0.2) is 8.38 Å². The maximum Gasteiger partial charge on any atom is 0.251 e. The van der Waals surface area contributed by atoms with Crippen molar-refractivity contribution in [1.29, 1.82) is 0 Å². The van der Waals surface area contributed by atoms with Gasteiger partial charge in [-0.25, -0.2) is 0 Å². The van der Waals surface area contributed by atoms with Crippen LogP contribution < -0.4 is 10.6 Å². The minimum Gasteiger partial charge on any atom is -0.477 e. The maximum atomic E-state index is 12.4. The monoisotopic (exact) mass is 422 g/mol. The van der Waals surface area contributed by atoms with Gasteiger partial charge in [-0.1, -0.05) is 31.2 Å². The number of nitrogens with two attached hydrogens (primary N) is 1. The smallest absolute Gasteiger partial charge is 0.251 e. The number of carbonyl (C=O) groups excluding carboxylic acids is 1. The van der Waals surface area contributed by atoms with Crippen molar-refractivity contribution in [3.8, 4) is 0 Å². The molecule has 29 heavy (non-hydrogen) atoms. The Labute approximate surface area is 174 Å². The molecule has 1 aromatic rings. The molecule has 2 fully saturated rings. The Morgan fingerprint density at radius 3 is 2.97 bits per heavy atom. The SMILES string of the molecule is C=CC(C)C12COC(C(CNC(=O)c3ccccc3)O1)C2OP(C)OCC[NH2+][CH2-]. The molecule has 0 spiro atoms. The van der Waals surface area contributed by atoms with Crippen molar-refractivity contribution in [1.82, 2.24) is 5.32 Å². The molecule has 7 nitrogen and oxygen atoms in total. The molecule has 3 rings (SSSR count). The van der Waals surface area contributed by atoms with Gasteiger partial charge in [0.25, 0.3) is 5.91 Å². The lowest BCUT2D eigenvalue weighted by molar-refractivity contribution is -0.596. The molecule has 2 bridgehead atoms. The summed E-state index contributed by atoms with van der Waals surface area (Å²) in [6, 6.07) is 9.13. The normalized spacial score (nSPS) is 30.1. The van der Waals surface area contributed by atoms with E-state index in [-0.39, 0.29) is 30.1 Å². The van der Waals surface area contributed by atoms with Crippen LogP contribution in [0.2, 0.25) is 0 Å². The van der Waals surface area contributed by atoms with Crippen molar-refractivity contribution in [2.24, 2.45) is 5.92 Å². The molecule has 6 atom stereocenters. The third-order valence-electron chi connectivity index (χ3n) is 5.50. The first-order chi connectivity index (χ1) is 14.0. The second-order valence-electron chi connectivity index (χ2n) is 7.36. The summed E-state index contributed by atoms with van der Waals surface area (Å²) in [4.78, 5) is 12.4. The fraction of sp³-hybridized carbons (Fsp3) is 0.524. The second-order valence-corrected chi connectivity index (χ2v) is 8.71. The number of rotatable bonds is 11. The summed E-state index contributed by atoms with van der Waals surface area (Å²) in [6.07, 6.45) is 1.04. The lowest BCUT2D eigenvalue weighted by Gasteiger charge is -2.35. The van der Waals surface area contributed by atoms with Crippen molar-refractivity contribution < 1.29 is 28.6 Å². The van der Waals surface area contributed by atoms with Crippen LogP contribution >= 0.6 is 8.38 Å². The molecule has 2 aliphatic rings. The molecule has 0 aliphatic carbocycles. The van der Waals surface area contributed by atoms with E-state index in [9.17, 15) is 4.79 Å². The summed E-state index contributed by atoms with van der Waals surface area (Å²) in [7, 11) is 2.62. The minimum absolute atomic E-state index is 0.0314. The van der Waals surface area contributed by atoms with Crippen molar-refractivity contribution in [2.45, 2.75) is 30.8 Å². The molecule has 2 aliphatic heterocycles. The van der Waals surface area contributed by atoms with Gasteiger partial charge in [-0.3, -0.25) is 4.79 Å². The topological polar surface area (TPSA) is 82.6 Å². The molecule has 0 aromatic heterocycles. The van der Waals surface area contributed by atoms with Gasteiger partial charge in [-0.2, -0.15) is 7.05 Å². The summed E-state index contributed by atoms with van der Waals surface area (Å²) >= 11 is 0. The van der Waals surface area contributed by atoms with Crippen LogP contribution in [0, 0.1) is 13.0 Å². The van der Waals surface area contributed by atoms with Gasteiger partial charge in [0.05, 0.1) is 13.2 Å². The van der Waals surface area contributed by atoms with E-state index >= 15 is 0 Å². The Hall–Kier alpha value is -1.34. The number of fused-ring (bicyclic) bond motifs is 2. The van der Waals surface area contributed by atoms with E-state index in [0.29, 0.717) is 25.3 Å². The van der Waals surface area contributed by atoms with Gasteiger partial charge in [-0.15, -0.1) is 6.58 Å². The standard InChI is InChI=1S/C21H31N2O5P/c1-5-15(2)21-14-25-18(19(21)28-29(4)26-12-11-22-3)17(27-21)13-23-20(24)16-9-7-6-8-10-16/h5-10,15,17-19H,1,3,11-14,22H2,2,4H3,(H,23,24). The van der Waals surface area contributed by atoms with Gasteiger partial charge < -0.3 is 29.2 Å². The van der Waals surface area contributed by atoms with E-state index in [1.54, 1.807) is 12.1 Å². The fourth-order valence-electron chi connectivity index (χ4n) is 3.77. The highest BCUT2D eigenvalue weighted by Crippen LogP contribution is 2.51. The first-order valence-electron chi connectivity index (χ1n) is 9.91. The van der Waals surface area contributed by atoms with Crippen molar-refractivity contribution in [3.05, 3.63) is 55.6 Å². The average Bonchev–Trinajstić information content (AvgIpc) is 3.24. The van der Waals surface area contributed by atoms with Gasteiger partial charge in [-0.05, 0) is 12.1 Å². The van der Waals surface area contributed by atoms with E-state index in [4.69, 9.17) is 18.5 Å². The van der Waals surface area contributed by atoms with Gasteiger partial charge in [0, 0.05) is 24.7 Å². The highest BCUT2D eigenvalue weighted by Gasteiger charge is 2.64. The molecule has 1 aromatic carbocycles. The van der Waals surface area contributed by atoms with Crippen LogP contribution in [0.5, 0.6) is 0 Å². The van der Waals surface area contributed by atoms with E-state index < -0.39 is 14.0 Å². The number of carbonyl (C=O) groups is 1. The second kappa shape index (κ2) is 10.1. The van der Waals surface area contributed by atoms with Crippen LogP contribution in [0.15, 0.2) is 43.0 Å². The lowest BCUT2D eigenvalue weighted by Crippen LogP contribution is -2.77. The zero-order valence-corrected chi connectivity index (χ0v) is 18.0. The predicted octanol–water partition coefficient (Wildman–Crippen LogP) is 1.47. The summed E-state index contributed by atoms with van der Waals surface area (Å²) in [5, 5.41) is 4.77. The number of benzene rings is 1. The van der Waals surface area contributed by atoms with Gasteiger partial charge >= 0.3 is 0 Å². The van der Waals surface area contributed by atoms with Crippen molar-refractivity contribution >= 4 is 14.3 Å². The Kier molecular flexibility index (Phi) is 7.79. The van der Waals surface area contributed by atoms with Crippen LogP contribution in [-0.4, -0.2) is 62.8 Å². The van der Waals surface area contributed by atoms with Crippen LogP contribution in [0.1, 0.15) is 17.3 Å². The summed E-state index contributed by atoms with van der Waals surface area (Å²) in [5.41, 5.74) is -0.00121. The molecular formula is C21H31N2O5P. The lowest BCUT2D eigenvalue weighted by atomic mass is 9.86. The van der Waals surface area contributed by atoms with Crippen LogP contribution in [0.3, 0.4) is 0 Å². The number of quaternary nitrogens is 1. The van der Waals surface area contributed by atoms with E-state index in [0.717, 1.165) is 6.54 Å². The van der Waals surface area contributed by atoms with Gasteiger partial charge in [0.2, 0.25) is 0 Å². The number of ether oxygens (including phenoxy) is 2. The fourth-order valence-corrected chi connectivity index (χ4v) is 4.81. The number of hydrogen-bond donors (Lipinski definition) is 2. The maximum absolute atomic E-state index is 12.4. The number of hydrogen-bond acceptors (Lipinski definition) is 5. The molecule has 8 heteroatoms. The van der Waals surface area contributed by atoms with E-state index in [2.05, 4.69) is 25.9 Å². The van der Waals surface area contributed by atoms with Gasteiger partial charge in [0.1, 0.15) is 30.5 Å². The Bertz CT molecular complexity index is 691. The average molecular weight is 422 g/mol. The molecule has 6 unspecified atom stereocenters. The summed E-state index contributed by atoms with van der Waals surface area (Å²) in [6.45, 7) is 10.1. The third kappa shape index (κ3) is 4.88. The Balaban J connectivity index is 1.65. The summed E-state index contributed by atoms with van der Waals surface area (Å²) < 4.78 is 24.6. The van der Waals surface area contributed by atoms with E-state index in [1.165, 1.54) is 0 Å². The number of nitrogens with one attached hydrogen (secondary N) is 1. The Morgan fingerprint density at radius 2 is 2.28 bits per heavy atom. The quantitative estimate of drug-likeness (QED) is 0.244. The Morgan fingerprint density at radius 1 is 1.52 bits per heavy atom. The molecule has 2 saturated heterocycles. The van der Waals surface area contributed by atoms with Crippen LogP contribution in [0.4, 0.5) is 0 Å². The molecule has 0 saturated carbocycles. The van der Waals surface area contributed by atoms with Crippen LogP contribution in [-0.2, 0) is 18.5 Å². The molecule has 160 valence electrons. The summed E-state index contributed by atoms with van der Waals surface area (Å²) in [5.74, 6) is -0.102. The molecule has 1 amide bonds. The van der Waals surface area contributed by atoms with Crippen molar-refractivity contribution in [2.75, 3.05) is 33.0 Å². The largest absolute Gasteiger partial charge is 0.477 e. The van der Waals surface area contributed by atoms with Crippen LogP contribution in [0.25, 0.3) is 0 Å². The molecule has 3 N–H and O–H groups in total.